The smallest absolute Gasteiger partial charge is 0.319 e. The highest BCUT2D eigenvalue weighted by Crippen LogP contribution is 2.12. The molecule has 15 heavy (non-hydrogen) atoms. The van der Waals surface area contributed by atoms with Crippen molar-refractivity contribution in [2.24, 2.45) is 0 Å². The Morgan fingerprint density at radius 1 is 1.40 bits per heavy atom. The van der Waals surface area contributed by atoms with Gasteiger partial charge in [0.15, 0.2) is 0 Å². The monoisotopic (exact) mass is 244 g/mol. The second kappa shape index (κ2) is 6.58. The number of benzene rings is 1. The highest BCUT2D eigenvalue weighted by molar-refractivity contribution is 7.98. The number of rotatable bonds is 4. The molecule has 1 aromatic carbocycles. The van der Waals surface area contributed by atoms with Gasteiger partial charge in [-0.2, -0.15) is 11.8 Å². The van der Waals surface area contributed by atoms with Crippen LogP contribution in [0.25, 0.3) is 0 Å². The van der Waals surface area contributed by atoms with Crippen molar-refractivity contribution in [3.63, 3.8) is 0 Å². The molecule has 3 nitrogen and oxygen atoms in total. The van der Waals surface area contributed by atoms with E-state index in [1.165, 1.54) is 0 Å². The second-order valence-corrected chi connectivity index (χ2v) is 4.30. The SMILES string of the molecule is CSCCNC(=O)Nc1ccc(Cl)cc1. The van der Waals surface area contributed by atoms with E-state index < -0.39 is 0 Å². The van der Waals surface area contributed by atoms with E-state index in [-0.39, 0.29) is 6.03 Å². The van der Waals surface area contributed by atoms with E-state index in [2.05, 4.69) is 10.6 Å². The second-order valence-electron chi connectivity index (χ2n) is 2.88. The van der Waals surface area contributed by atoms with Gasteiger partial charge in [0.1, 0.15) is 0 Å². The van der Waals surface area contributed by atoms with Gasteiger partial charge in [0.2, 0.25) is 0 Å². The van der Waals surface area contributed by atoms with Gasteiger partial charge in [-0.15, -0.1) is 0 Å². The summed E-state index contributed by atoms with van der Waals surface area (Å²) in [6.07, 6.45) is 2.00. The lowest BCUT2D eigenvalue weighted by Crippen LogP contribution is -2.30. The van der Waals surface area contributed by atoms with Crippen molar-refractivity contribution in [2.45, 2.75) is 0 Å². The molecule has 0 saturated heterocycles. The lowest BCUT2D eigenvalue weighted by molar-refractivity contribution is 0.252. The highest BCUT2D eigenvalue weighted by Gasteiger charge is 1.99. The molecule has 0 heterocycles. The van der Waals surface area contributed by atoms with Gasteiger partial charge in [-0.1, -0.05) is 11.6 Å². The van der Waals surface area contributed by atoms with E-state index in [9.17, 15) is 4.79 Å². The first-order valence-electron chi connectivity index (χ1n) is 4.51. The molecule has 0 unspecified atom stereocenters. The Balaban J connectivity index is 2.34. The fourth-order valence-electron chi connectivity index (χ4n) is 0.975. The van der Waals surface area contributed by atoms with Gasteiger partial charge in [-0.3, -0.25) is 0 Å². The van der Waals surface area contributed by atoms with Crippen molar-refractivity contribution in [3.05, 3.63) is 29.3 Å². The zero-order chi connectivity index (χ0) is 11.1. The molecule has 0 bridgehead atoms. The van der Waals surface area contributed by atoms with E-state index in [1.807, 2.05) is 6.26 Å². The maximum absolute atomic E-state index is 11.3. The molecule has 1 aromatic rings. The number of halogens is 1. The Kier molecular flexibility index (Phi) is 5.36. The normalized spacial score (nSPS) is 9.73. The quantitative estimate of drug-likeness (QED) is 0.800. The molecule has 0 aromatic heterocycles. The van der Waals surface area contributed by atoms with Crippen molar-refractivity contribution in [3.8, 4) is 0 Å². The summed E-state index contributed by atoms with van der Waals surface area (Å²) in [4.78, 5) is 11.3. The lowest BCUT2D eigenvalue weighted by atomic mass is 10.3. The molecular weight excluding hydrogens is 232 g/mol. The van der Waals surface area contributed by atoms with Gasteiger partial charge in [-0.05, 0) is 30.5 Å². The van der Waals surface area contributed by atoms with Crippen LogP contribution in [-0.4, -0.2) is 24.6 Å². The van der Waals surface area contributed by atoms with E-state index >= 15 is 0 Å². The number of urea groups is 1. The highest BCUT2D eigenvalue weighted by atomic mass is 35.5. The van der Waals surface area contributed by atoms with Crippen molar-refractivity contribution in [2.75, 3.05) is 23.9 Å². The van der Waals surface area contributed by atoms with Crippen LogP contribution < -0.4 is 10.6 Å². The van der Waals surface area contributed by atoms with Gasteiger partial charge >= 0.3 is 6.03 Å². The van der Waals surface area contributed by atoms with Crippen LogP contribution in [0.2, 0.25) is 5.02 Å². The minimum Gasteiger partial charge on any atom is -0.337 e. The molecule has 0 radical (unpaired) electrons. The number of nitrogens with one attached hydrogen (secondary N) is 2. The van der Waals surface area contributed by atoms with Gasteiger partial charge in [0.25, 0.3) is 0 Å². The topological polar surface area (TPSA) is 41.1 Å². The predicted molar refractivity (Wildman–Crippen MR) is 66.9 cm³/mol. The van der Waals surface area contributed by atoms with Crippen LogP contribution >= 0.6 is 23.4 Å². The van der Waals surface area contributed by atoms with Crippen LogP contribution in [0.1, 0.15) is 0 Å². The van der Waals surface area contributed by atoms with Gasteiger partial charge in [-0.25, -0.2) is 4.79 Å². The minimum absolute atomic E-state index is 0.189. The molecule has 0 aliphatic heterocycles. The molecule has 2 amide bonds. The number of anilines is 1. The van der Waals surface area contributed by atoms with Gasteiger partial charge in [0, 0.05) is 23.0 Å². The third-order valence-electron chi connectivity index (χ3n) is 1.69. The molecule has 0 aliphatic rings. The van der Waals surface area contributed by atoms with Crippen LogP contribution in [0.3, 0.4) is 0 Å². The number of hydrogen-bond acceptors (Lipinski definition) is 2. The maximum Gasteiger partial charge on any atom is 0.319 e. The summed E-state index contributed by atoms with van der Waals surface area (Å²) >= 11 is 7.41. The fraction of sp³-hybridized carbons (Fsp3) is 0.300. The van der Waals surface area contributed by atoms with E-state index in [4.69, 9.17) is 11.6 Å². The zero-order valence-electron chi connectivity index (χ0n) is 8.42. The minimum atomic E-state index is -0.189. The predicted octanol–water partition coefficient (Wildman–Crippen LogP) is 2.82. The zero-order valence-corrected chi connectivity index (χ0v) is 9.99. The van der Waals surface area contributed by atoms with E-state index in [0.29, 0.717) is 11.6 Å². The Morgan fingerprint density at radius 2 is 2.07 bits per heavy atom. The Hall–Kier alpha value is -0.870. The summed E-state index contributed by atoms with van der Waals surface area (Å²) in [5, 5.41) is 6.11. The van der Waals surface area contributed by atoms with Crippen LogP contribution in [0.4, 0.5) is 10.5 Å². The van der Waals surface area contributed by atoms with Gasteiger partial charge < -0.3 is 10.6 Å². The molecule has 82 valence electrons. The first kappa shape index (κ1) is 12.2. The summed E-state index contributed by atoms with van der Waals surface area (Å²) in [5.74, 6) is 0.911. The average molecular weight is 245 g/mol. The standard InChI is InChI=1S/C10H13ClN2OS/c1-15-7-6-12-10(14)13-9-4-2-8(11)3-5-9/h2-5H,6-7H2,1H3,(H2,12,13,14). The van der Waals surface area contributed by atoms with Crippen molar-refractivity contribution < 1.29 is 4.79 Å². The first-order chi connectivity index (χ1) is 7.22. The Labute approximate surface area is 98.6 Å². The van der Waals surface area contributed by atoms with Crippen molar-refractivity contribution in [1.82, 2.24) is 5.32 Å². The molecular formula is C10H13ClN2OS. The molecule has 0 spiro atoms. The summed E-state index contributed by atoms with van der Waals surface area (Å²) in [5.41, 5.74) is 0.737. The lowest BCUT2D eigenvalue weighted by Gasteiger charge is -2.06. The third kappa shape index (κ3) is 4.95. The van der Waals surface area contributed by atoms with Crippen LogP contribution in [0.5, 0.6) is 0 Å². The third-order valence-corrected chi connectivity index (χ3v) is 2.56. The molecule has 2 N–H and O–H groups in total. The van der Waals surface area contributed by atoms with Gasteiger partial charge in [0.05, 0.1) is 0 Å². The number of carbonyl (C=O) groups is 1. The summed E-state index contributed by atoms with van der Waals surface area (Å²) in [6, 6.07) is 6.80. The Bertz CT molecular complexity index is 316. The summed E-state index contributed by atoms with van der Waals surface area (Å²) in [6.45, 7) is 0.667. The first-order valence-corrected chi connectivity index (χ1v) is 6.29. The molecule has 0 saturated carbocycles. The Morgan fingerprint density at radius 3 is 2.67 bits per heavy atom. The maximum atomic E-state index is 11.3. The summed E-state index contributed by atoms with van der Waals surface area (Å²) < 4.78 is 0. The van der Waals surface area contributed by atoms with Crippen molar-refractivity contribution >= 4 is 35.1 Å². The van der Waals surface area contributed by atoms with Crippen LogP contribution in [0, 0.1) is 0 Å². The molecule has 0 fully saturated rings. The van der Waals surface area contributed by atoms with Crippen LogP contribution in [-0.2, 0) is 0 Å². The van der Waals surface area contributed by atoms with E-state index in [1.54, 1.807) is 36.0 Å². The number of thioether (sulfide) groups is 1. The van der Waals surface area contributed by atoms with E-state index in [0.717, 1.165) is 11.4 Å². The number of amides is 2. The fourth-order valence-corrected chi connectivity index (χ4v) is 1.41. The summed E-state index contributed by atoms with van der Waals surface area (Å²) in [7, 11) is 0. The molecule has 1 rings (SSSR count). The largest absolute Gasteiger partial charge is 0.337 e. The molecule has 0 aliphatic carbocycles. The van der Waals surface area contributed by atoms with Crippen LogP contribution in [0.15, 0.2) is 24.3 Å². The number of hydrogen-bond donors (Lipinski definition) is 2. The number of carbonyl (C=O) groups excluding carboxylic acids is 1. The van der Waals surface area contributed by atoms with Crippen molar-refractivity contribution in [1.29, 1.82) is 0 Å². The molecule has 5 heteroatoms. The average Bonchev–Trinajstić information content (AvgIpc) is 2.22. The molecule has 0 atom stereocenters.